The van der Waals surface area contributed by atoms with Crippen LogP contribution in [-0.2, 0) is 13.8 Å². The van der Waals surface area contributed by atoms with Crippen LogP contribution in [-0.4, -0.2) is 47.7 Å². The van der Waals surface area contributed by atoms with Crippen LogP contribution >= 0.6 is 7.82 Å². The molecule has 10 nitrogen and oxygen atoms in total. The van der Waals surface area contributed by atoms with Gasteiger partial charge in [-0.1, -0.05) is 0 Å². The van der Waals surface area contributed by atoms with Crippen LogP contribution in [0.3, 0.4) is 0 Å². The van der Waals surface area contributed by atoms with E-state index in [1.807, 2.05) is 0 Å². The Hall–Kier alpha value is -1.55. The zero-order chi connectivity index (χ0) is 15.9. The van der Waals surface area contributed by atoms with Crippen LogP contribution in [0.4, 0.5) is 0 Å². The lowest BCUT2D eigenvalue weighted by atomic mass is 10.2. The largest absolute Gasteiger partial charge is 0.469 e. The summed E-state index contributed by atoms with van der Waals surface area (Å²) in [5.41, 5.74) is 0.102. The molecule has 0 saturated carbocycles. The minimum Gasteiger partial charge on any atom is -0.390 e. The molecule has 1 aliphatic heterocycles. The van der Waals surface area contributed by atoms with Crippen LogP contribution in [0.5, 0.6) is 0 Å². The first-order valence-corrected chi connectivity index (χ1v) is 7.96. The maximum Gasteiger partial charge on any atom is 0.469 e. The number of phosphoric ester groups is 1. The quantitative estimate of drug-likeness (QED) is 0.623. The van der Waals surface area contributed by atoms with Gasteiger partial charge < -0.3 is 19.6 Å². The molecular formula is C11H14N3O7P. The van der Waals surface area contributed by atoms with E-state index >= 15 is 0 Å². The van der Waals surface area contributed by atoms with Gasteiger partial charge in [-0.3, -0.25) is 13.5 Å². The summed E-state index contributed by atoms with van der Waals surface area (Å²) in [6.45, 7) is -0.468. The molecule has 0 aliphatic carbocycles. The van der Waals surface area contributed by atoms with E-state index in [-0.39, 0.29) is 12.1 Å². The molecule has 0 aromatic carbocycles. The van der Waals surface area contributed by atoms with Crippen LogP contribution in [0.1, 0.15) is 12.6 Å². The second-order valence-electron chi connectivity index (χ2n) is 4.88. The van der Waals surface area contributed by atoms with Crippen LogP contribution in [0.15, 0.2) is 29.5 Å². The molecule has 2 aromatic rings. The van der Waals surface area contributed by atoms with Crippen LogP contribution in [0.2, 0.25) is 0 Å². The second kappa shape index (κ2) is 5.58. The molecule has 3 atom stereocenters. The third-order valence-corrected chi connectivity index (χ3v) is 3.89. The fourth-order valence-corrected chi connectivity index (χ4v) is 2.70. The minimum absolute atomic E-state index is 0.106. The molecule has 0 amide bonds. The van der Waals surface area contributed by atoms with Crippen molar-refractivity contribution in [1.29, 1.82) is 0 Å². The van der Waals surface area contributed by atoms with Gasteiger partial charge in [-0.05, 0) is 6.07 Å². The molecule has 2 aromatic heterocycles. The maximum absolute atomic E-state index is 12.3. The molecule has 0 spiro atoms. The van der Waals surface area contributed by atoms with E-state index in [2.05, 4.69) is 9.51 Å². The highest BCUT2D eigenvalue weighted by Gasteiger charge is 2.37. The maximum atomic E-state index is 12.3. The molecule has 120 valence electrons. The predicted octanol–water partition coefficient (Wildman–Crippen LogP) is -0.746. The number of fused-ring (bicyclic) bond motifs is 1. The Morgan fingerprint density at radius 3 is 2.95 bits per heavy atom. The van der Waals surface area contributed by atoms with Crippen molar-refractivity contribution < 1.29 is 28.7 Å². The average Bonchev–Trinajstić information content (AvgIpc) is 3.03. The van der Waals surface area contributed by atoms with Crippen molar-refractivity contribution >= 4 is 13.5 Å². The average molecular weight is 331 g/mol. The monoisotopic (exact) mass is 331 g/mol. The number of rotatable bonds is 4. The number of imidazole rings is 1. The molecule has 1 saturated heterocycles. The SMILES string of the molecule is O=c1n(C2CC(O)C(COP(=O)(O)O)O2)ccc2nccn12. The zero-order valence-electron chi connectivity index (χ0n) is 11.2. The first-order valence-electron chi connectivity index (χ1n) is 6.43. The number of hydrogen-bond donors (Lipinski definition) is 3. The summed E-state index contributed by atoms with van der Waals surface area (Å²) in [6, 6.07) is 1.62. The van der Waals surface area contributed by atoms with Crippen molar-refractivity contribution in [3.05, 3.63) is 35.1 Å². The van der Waals surface area contributed by atoms with Gasteiger partial charge >= 0.3 is 13.5 Å². The summed E-state index contributed by atoms with van der Waals surface area (Å²) < 4.78 is 23.1. The molecular weight excluding hydrogens is 317 g/mol. The number of aliphatic hydroxyl groups is 1. The van der Waals surface area contributed by atoms with Crippen molar-refractivity contribution in [2.24, 2.45) is 0 Å². The van der Waals surface area contributed by atoms with Crippen LogP contribution < -0.4 is 5.69 Å². The smallest absolute Gasteiger partial charge is 0.390 e. The molecule has 11 heteroatoms. The number of aromatic nitrogens is 3. The van der Waals surface area contributed by atoms with E-state index < -0.39 is 32.9 Å². The third kappa shape index (κ3) is 2.98. The molecule has 22 heavy (non-hydrogen) atoms. The third-order valence-electron chi connectivity index (χ3n) is 3.40. The molecule has 3 heterocycles. The fraction of sp³-hybridized carbons (Fsp3) is 0.455. The van der Waals surface area contributed by atoms with Gasteiger partial charge in [-0.15, -0.1) is 0 Å². The van der Waals surface area contributed by atoms with Gasteiger partial charge in [0.2, 0.25) is 0 Å². The molecule has 1 fully saturated rings. The Bertz CT molecular complexity index is 781. The summed E-state index contributed by atoms with van der Waals surface area (Å²) in [4.78, 5) is 33.6. The van der Waals surface area contributed by atoms with Gasteiger partial charge in [0, 0.05) is 25.0 Å². The lowest BCUT2D eigenvalue weighted by Crippen LogP contribution is -2.29. The Balaban J connectivity index is 1.79. The van der Waals surface area contributed by atoms with E-state index in [0.29, 0.717) is 5.65 Å². The number of nitrogens with zero attached hydrogens (tertiary/aromatic N) is 3. The summed E-state index contributed by atoms with van der Waals surface area (Å²) in [5, 5.41) is 9.89. The summed E-state index contributed by atoms with van der Waals surface area (Å²) in [7, 11) is -4.64. The number of phosphoric acid groups is 1. The number of aliphatic hydroxyl groups excluding tert-OH is 1. The molecule has 3 rings (SSSR count). The molecule has 0 bridgehead atoms. The van der Waals surface area contributed by atoms with Gasteiger partial charge in [-0.25, -0.2) is 14.3 Å². The Morgan fingerprint density at radius 2 is 2.23 bits per heavy atom. The van der Waals surface area contributed by atoms with Crippen LogP contribution in [0.25, 0.3) is 5.65 Å². The van der Waals surface area contributed by atoms with E-state index in [1.54, 1.807) is 6.07 Å². The standard InChI is InChI=1S/C11H14N3O7P/c15-7-5-10(21-8(7)6-20-22(17,18)19)14-3-1-9-12-2-4-13(9)11(14)16/h1-4,7-8,10,15H,5-6H2,(H2,17,18,19). The number of hydrogen-bond acceptors (Lipinski definition) is 6. The Morgan fingerprint density at radius 1 is 1.45 bits per heavy atom. The van der Waals surface area contributed by atoms with Crippen molar-refractivity contribution in [2.45, 2.75) is 24.9 Å². The number of ether oxygens (including phenoxy) is 1. The predicted molar refractivity (Wildman–Crippen MR) is 72.0 cm³/mol. The summed E-state index contributed by atoms with van der Waals surface area (Å²) >= 11 is 0. The Labute approximate surface area is 123 Å². The summed E-state index contributed by atoms with van der Waals surface area (Å²) in [6.07, 6.45) is 1.92. The van der Waals surface area contributed by atoms with E-state index in [9.17, 15) is 14.5 Å². The highest BCUT2D eigenvalue weighted by atomic mass is 31.2. The van der Waals surface area contributed by atoms with Crippen molar-refractivity contribution in [2.75, 3.05) is 6.61 Å². The van der Waals surface area contributed by atoms with Crippen LogP contribution in [0, 0.1) is 0 Å². The highest BCUT2D eigenvalue weighted by Crippen LogP contribution is 2.38. The van der Waals surface area contributed by atoms with E-state index in [0.717, 1.165) is 0 Å². The minimum atomic E-state index is -4.64. The molecule has 1 aliphatic rings. The van der Waals surface area contributed by atoms with Gasteiger partial charge in [-0.2, -0.15) is 0 Å². The molecule has 3 N–H and O–H groups in total. The second-order valence-corrected chi connectivity index (χ2v) is 6.12. The first-order chi connectivity index (χ1) is 10.3. The van der Waals surface area contributed by atoms with Gasteiger partial charge in [0.25, 0.3) is 0 Å². The lowest BCUT2D eigenvalue weighted by molar-refractivity contribution is -0.0451. The van der Waals surface area contributed by atoms with Crippen molar-refractivity contribution in [1.82, 2.24) is 14.0 Å². The lowest BCUT2D eigenvalue weighted by Gasteiger charge is -2.16. The van der Waals surface area contributed by atoms with Crippen molar-refractivity contribution in [3.63, 3.8) is 0 Å². The van der Waals surface area contributed by atoms with E-state index in [4.69, 9.17) is 14.5 Å². The first kappa shape index (κ1) is 15.3. The van der Waals surface area contributed by atoms with Gasteiger partial charge in [0.1, 0.15) is 18.0 Å². The zero-order valence-corrected chi connectivity index (χ0v) is 12.1. The normalized spacial score (nSPS) is 25.9. The Kier molecular flexibility index (Phi) is 3.89. The summed E-state index contributed by atoms with van der Waals surface area (Å²) in [5.74, 6) is 0. The van der Waals surface area contributed by atoms with Gasteiger partial charge in [0.05, 0.1) is 12.7 Å². The molecule has 0 radical (unpaired) electrons. The van der Waals surface area contributed by atoms with Gasteiger partial charge in [0.15, 0.2) is 0 Å². The fourth-order valence-electron chi connectivity index (χ4n) is 2.36. The molecule has 3 unspecified atom stereocenters. The highest BCUT2D eigenvalue weighted by molar-refractivity contribution is 7.46. The topological polar surface area (TPSA) is 136 Å². The van der Waals surface area contributed by atoms with E-state index in [1.165, 1.54) is 27.6 Å². The van der Waals surface area contributed by atoms with Crippen molar-refractivity contribution in [3.8, 4) is 0 Å².